The van der Waals surface area contributed by atoms with Gasteiger partial charge < -0.3 is 4.74 Å². The Bertz CT molecular complexity index is 1020. The summed E-state index contributed by atoms with van der Waals surface area (Å²) in [7, 11) is 1.64. The predicted octanol–water partition coefficient (Wildman–Crippen LogP) is 2.89. The number of methoxy groups -OCH3 is 1. The minimum absolute atomic E-state index is 0.233. The summed E-state index contributed by atoms with van der Waals surface area (Å²) in [6.45, 7) is 8.53. The Morgan fingerprint density at radius 3 is 2.57 bits per heavy atom. The summed E-state index contributed by atoms with van der Waals surface area (Å²) >= 11 is 0. The molecule has 0 saturated heterocycles. The zero-order valence-electron chi connectivity index (χ0n) is 17.1. The van der Waals surface area contributed by atoms with Gasteiger partial charge >= 0.3 is 5.69 Å². The Hall–Kier alpha value is -2.96. The predicted molar refractivity (Wildman–Crippen MR) is 108 cm³/mol. The molecule has 7 nitrogen and oxygen atoms in total. The molecule has 28 heavy (non-hydrogen) atoms. The van der Waals surface area contributed by atoms with Crippen LogP contribution in [0.4, 0.5) is 0 Å². The van der Waals surface area contributed by atoms with Crippen LogP contribution in [0.2, 0.25) is 0 Å². The Morgan fingerprint density at radius 1 is 1.14 bits per heavy atom. The molecule has 0 atom stereocenters. The van der Waals surface area contributed by atoms with Gasteiger partial charge in [0.25, 0.3) is 0 Å². The summed E-state index contributed by atoms with van der Waals surface area (Å²) in [5, 5.41) is 4.72. The molecule has 3 aromatic rings. The molecule has 0 aliphatic heterocycles. The average Bonchev–Trinajstić information content (AvgIpc) is 3.02. The SMILES string of the molecule is COc1ccccc1-n1nc(CC(C)C)nc1CCn1c(C)cc(C)nc1=O. The van der Waals surface area contributed by atoms with E-state index in [-0.39, 0.29) is 5.69 Å². The minimum atomic E-state index is -0.233. The van der Waals surface area contributed by atoms with Crippen LogP contribution in [-0.4, -0.2) is 31.4 Å². The van der Waals surface area contributed by atoms with Crippen molar-refractivity contribution in [1.29, 1.82) is 0 Å². The Balaban J connectivity index is 1.98. The fourth-order valence-corrected chi connectivity index (χ4v) is 3.26. The summed E-state index contributed by atoms with van der Waals surface area (Å²) < 4.78 is 9.01. The fraction of sp³-hybridized carbons (Fsp3) is 0.429. The molecule has 0 radical (unpaired) electrons. The van der Waals surface area contributed by atoms with Gasteiger partial charge in [-0.25, -0.2) is 14.5 Å². The van der Waals surface area contributed by atoms with Crippen molar-refractivity contribution in [2.75, 3.05) is 7.11 Å². The highest BCUT2D eigenvalue weighted by Crippen LogP contribution is 2.23. The molecule has 0 saturated carbocycles. The second kappa shape index (κ2) is 8.37. The molecule has 1 aromatic carbocycles. The number of benzene rings is 1. The van der Waals surface area contributed by atoms with Crippen molar-refractivity contribution in [3.05, 3.63) is 63.9 Å². The van der Waals surface area contributed by atoms with E-state index >= 15 is 0 Å². The molecule has 148 valence electrons. The van der Waals surface area contributed by atoms with Crippen LogP contribution in [0, 0.1) is 19.8 Å². The second-order valence-corrected chi connectivity index (χ2v) is 7.35. The van der Waals surface area contributed by atoms with E-state index in [1.54, 1.807) is 11.7 Å². The number of hydrogen-bond acceptors (Lipinski definition) is 5. The maximum Gasteiger partial charge on any atom is 0.347 e. The van der Waals surface area contributed by atoms with Gasteiger partial charge in [-0.1, -0.05) is 26.0 Å². The number of para-hydroxylation sites is 2. The van der Waals surface area contributed by atoms with Gasteiger partial charge in [0.2, 0.25) is 0 Å². The highest BCUT2D eigenvalue weighted by Gasteiger charge is 2.16. The second-order valence-electron chi connectivity index (χ2n) is 7.35. The lowest BCUT2D eigenvalue weighted by molar-refractivity contribution is 0.411. The zero-order valence-corrected chi connectivity index (χ0v) is 17.1. The largest absolute Gasteiger partial charge is 0.494 e. The van der Waals surface area contributed by atoms with E-state index in [2.05, 4.69) is 18.8 Å². The third kappa shape index (κ3) is 4.30. The third-order valence-corrected chi connectivity index (χ3v) is 4.53. The van der Waals surface area contributed by atoms with Gasteiger partial charge in [-0.15, -0.1) is 0 Å². The van der Waals surface area contributed by atoms with E-state index in [1.807, 2.05) is 48.9 Å². The van der Waals surface area contributed by atoms with Crippen LogP contribution in [0.5, 0.6) is 5.75 Å². The normalized spacial score (nSPS) is 11.2. The van der Waals surface area contributed by atoms with Crippen molar-refractivity contribution in [2.45, 2.75) is 47.1 Å². The molecule has 2 heterocycles. The van der Waals surface area contributed by atoms with Gasteiger partial charge in [-0.05, 0) is 38.0 Å². The molecular formula is C21H27N5O2. The third-order valence-electron chi connectivity index (χ3n) is 4.53. The molecular weight excluding hydrogens is 354 g/mol. The first-order valence-corrected chi connectivity index (χ1v) is 9.52. The number of aryl methyl sites for hydroxylation is 3. The number of nitrogens with zero attached hydrogens (tertiary/aromatic N) is 5. The van der Waals surface area contributed by atoms with Crippen LogP contribution in [0.25, 0.3) is 5.69 Å². The quantitative estimate of drug-likeness (QED) is 0.629. The van der Waals surface area contributed by atoms with E-state index in [1.165, 1.54) is 0 Å². The highest BCUT2D eigenvalue weighted by atomic mass is 16.5. The number of hydrogen-bond donors (Lipinski definition) is 0. The molecule has 0 aliphatic carbocycles. The van der Waals surface area contributed by atoms with Gasteiger partial charge in [0.1, 0.15) is 17.3 Å². The highest BCUT2D eigenvalue weighted by molar-refractivity contribution is 5.46. The van der Waals surface area contributed by atoms with Gasteiger partial charge in [0, 0.05) is 30.8 Å². The molecule has 0 aliphatic rings. The minimum Gasteiger partial charge on any atom is -0.494 e. The topological polar surface area (TPSA) is 74.8 Å². The lowest BCUT2D eigenvalue weighted by Crippen LogP contribution is -2.27. The van der Waals surface area contributed by atoms with E-state index in [0.717, 1.165) is 40.9 Å². The van der Waals surface area contributed by atoms with Crippen LogP contribution >= 0.6 is 0 Å². The van der Waals surface area contributed by atoms with Crippen LogP contribution < -0.4 is 10.4 Å². The first-order valence-electron chi connectivity index (χ1n) is 9.52. The summed E-state index contributed by atoms with van der Waals surface area (Å²) in [4.78, 5) is 21.1. The Morgan fingerprint density at radius 2 is 1.89 bits per heavy atom. The van der Waals surface area contributed by atoms with Crippen molar-refractivity contribution < 1.29 is 4.74 Å². The first kappa shape index (κ1) is 19.8. The molecule has 0 fully saturated rings. The van der Waals surface area contributed by atoms with Crippen molar-refractivity contribution in [3.63, 3.8) is 0 Å². The smallest absolute Gasteiger partial charge is 0.347 e. The maximum atomic E-state index is 12.3. The molecule has 7 heteroatoms. The number of aromatic nitrogens is 5. The molecule has 0 spiro atoms. The molecule has 2 aromatic heterocycles. The van der Waals surface area contributed by atoms with Crippen LogP contribution in [0.3, 0.4) is 0 Å². The van der Waals surface area contributed by atoms with E-state index in [0.29, 0.717) is 18.9 Å². The monoisotopic (exact) mass is 381 g/mol. The van der Waals surface area contributed by atoms with Crippen molar-refractivity contribution in [2.24, 2.45) is 5.92 Å². The average molecular weight is 381 g/mol. The summed E-state index contributed by atoms with van der Waals surface area (Å²) in [5.74, 6) is 2.77. The van der Waals surface area contributed by atoms with E-state index in [4.69, 9.17) is 14.8 Å². The van der Waals surface area contributed by atoms with Crippen LogP contribution in [0.1, 0.15) is 36.9 Å². The summed E-state index contributed by atoms with van der Waals surface area (Å²) in [6, 6.07) is 9.65. The molecule has 0 unspecified atom stereocenters. The molecule has 0 bridgehead atoms. The van der Waals surface area contributed by atoms with Gasteiger partial charge in [0.05, 0.1) is 7.11 Å². The van der Waals surface area contributed by atoms with Crippen LogP contribution in [-0.2, 0) is 19.4 Å². The standard InChI is InChI=1S/C21H27N5O2/c1-14(2)12-19-23-20(10-11-25-16(4)13-15(3)22-21(25)27)26(24-19)17-8-6-7-9-18(17)28-5/h6-9,13-14H,10-12H2,1-5H3. The lowest BCUT2D eigenvalue weighted by Gasteiger charge is -2.12. The summed E-state index contributed by atoms with van der Waals surface area (Å²) in [5.41, 5.74) is 2.23. The van der Waals surface area contributed by atoms with Crippen molar-refractivity contribution in [3.8, 4) is 11.4 Å². The maximum absolute atomic E-state index is 12.3. The van der Waals surface area contributed by atoms with Gasteiger partial charge in [0.15, 0.2) is 5.82 Å². The fourth-order valence-electron chi connectivity index (χ4n) is 3.26. The van der Waals surface area contributed by atoms with Crippen molar-refractivity contribution in [1.82, 2.24) is 24.3 Å². The van der Waals surface area contributed by atoms with Crippen LogP contribution in [0.15, 0.2) is 35.1 Å². The van der Waals surface area contributed by atoms with Gasteiger partial charge in [-0.2, -0.15) is 10.1 Å². The lowest BCUT2D eigenvalue weighted by atomic mass is 10.1. The number of ether oxygens (including phenoxy) is 1. The van der Waals surface area contributed by atoms with Crippen molar-refractivity contribution >= 4 is 0 Å². The Labute approximate surface area is 165 Å². The van der Waals surface area contributed by atoms with E-state index in [9.17, 15) is 4.79 Å². The van der Waals surface area contributed by atoms with E-state index < -0.39 is 0 Å². The Kier molecular flexibility index (Phi) is 5.92. The zero-order chi connectivity index (χ0) is 20.3. The first-order chi connectivity index (χ1) is 13.4. The molecule has 0 N–H and O–H groups in total. The number of rotatable bonds is 7. The molecule has 3 rings (SSSR count). The van der Waals surface area contributed by atoms with Gasteiger partial charge in [-0.3, -0.25) is 4.57 Å². The summed E-state index contributed by atoms with van der Waals surface area (Å²) in [6.07, 6.45) is 1.36. The molecule has 0 amide bonds.